The fourth-order valence-electron chi connectivity index (χ4n) is 2.51. The van der Waals surface area contributed by atoms with Crippen molar-refractivity contribution in [2.75, 3.05) is 39.4 Å². The fourth-order valence-corrected chi connectivity index (χ4v) is 3.12. The van der Waals surface area contributed by atoms with Crippen LogP contribution in [0.4, 0.5) is 0 Å². The van der Waals surface area contributed by atoms with Gasteiger partial charge in [0, 0.05) is 23.3 Å². The number of hydrogen-bond donors (Lipinski definition) is 1. The third kappa shape index (κ3) is 12.6. The molecule has 1 rings (SSSR count). The Bertz CT molecular complexity index is 552. The zero-order valence-electron chi connectivity index (χ0n) is 17.3. The summed E-state index contributed by atoms with van der Waals surface area (Å²) in [5.41, 5.74) is 6.62. The molecule has 0 saturated carbocycles. The number of thiophene rings is 1. The molecule has 0 aliphatic rings. The van der Waals surface area contributed by atoms with E-state index in [9.17, 15) is 0 Å². The molecule has 152 valence electrons. The Kier molecular flexibility index (Phi) is 13.7. The van der Waals surface area contributed by atoms with E-state index < -0.39 is 0 Å². The largest absolute Gasteiger partial charge is 0.399 e. The molecule has 0 aliphatic carbocycles. The van der Waals surface area contributed by atoms with Crippen LogP contribution in [0.25, 0.3) is 6.08 Å². The summed E-state index contributed by atoms with van der Waals surface area (Å²) in [7, 11) is 0. The van der Waals surface area contributed by atoms with Crippen LogP contribution in [0.15, 0.2) is 40.4 Å². The topological polar surface area (TPSA) is 50.8 Å². The van der Waals surface area contributed by atoms with Gasteiger partial charge in [0.15, 0.2) is 0 Å². The monoisotopic (exact) mass is 391 g/mol. The molecule has 0 aliphatic heterocycles. The standard InChI is InChI=1S/C22H37N3OS/c1-4-14-25(15-11-20(3)5-2)16-18-26-17-13-24-12-10-21(23)8-9-22-7-6-19-27-22/h6-10,12,19-20H,4-5,11,13-18,23H2,1-3H3/b9-8+,21-10-,24-12?. The van der Waals surface area contributed by atoms with Crippen molar-refractivity contribution < 1.29 is 4.74 Å². The molecule has 0 spiro atoms. The zero-order chi connectivity index (χ0) is 19.7. The third-order valence-electron chi connectivity index (χ3n) is 4.45. The molecule has 0 aromatic carbocycles. The minimum atomic E-state index is 0.653. The van der Waals surface area contributed by atoms with Gasteiger partial charge in [-0.2, -0.15) is 0 Å². The summed E-state index contributed by atoms with van der Waals surface area (Å²) in [5.74, 6) is 0.806. The van der Waals surface area contributed by atoms with E-state index in [0.29, 0.717) is 18.8 Å². The highest BCUT2D eigenvalue weighted by molar-refractivity contribution is 7.10. The first-order chi connectivity index (χ1) is 13.2. The molecule has 0 saturated heterocycles. The SMILES string of the molecule is CCCN(CCOCCN=C/C=C(N)/C=C/c1cccs1)CCC(C)CC. The number of aliphatic imine (C=N–C) groups is 1. The van der Waals surface area contributed by atoms with Gasteiger partial charge >= 0.3 is 0 Å². The van der Waals surface area contributed by atoms with Crippen molar-refractivity contribution in [2.24, 2.45) is 16.6 Å². The number of nitrogens with two attached hydrogens (primary N) is 1. The molecule has 1 aromatic rings. The van der Waals surface area contributed by atoms with Gasteiger partial charge < -0.3 is 15.4 Å². The van der Waals surface area contributed by atoms with E-state index >= 15 is 0 Å². The lowest BCUT2D eigenvalue weighted by molar-refractivity contribution is 0.107. The molecular weight excluding hydrogens is 354 g/mol. The normalized spacial score (nSPS) is 14.0. The van der Waals surface area contributed by atoms with Gasteiger partial charge in [0.2, 0.25) is 0 Å². The van der Waals surface area contributed by atoms with Crippen LogP contribution in [0.2, 0.25) is 0 Å². The summed E-state index contributed by atoms with van der Waals surface area (Å²) in [6.45, 7) is 12.3. The lowest BCUT2D eigenvalue weighted by atomic mass is 10.1. The second kappa shape index (κ2) is 15.6. The molecule has 5 heteroatoms. The predicted octanol–water partition coefficient (Wildman–Crippen LogP) is 4.84. The number of hydrogen-bond acceptors (Lipinski definition) is 5. The summed E-state index contributed by atoms with van der Waals surface area (Å²) < 4.78 is 5.73. The van der Waals surface area contributed by atoms with E-state index in [2.05, 4.69) is 36.7 Å². The van der Waals surface area contributed by atoms with Crippen molar-refractivity contribution in [1.82, 2.24) is 4.90 Å². The molecule has 1 unspecified atom stereocenters. The van der Waals surface area contributed by atoms with E-state index in [4.69, 9.17) is 10.5 Å². The lowest BCUT2D eigenvalue weighted by Crippen LogP contribution is -2.30. The van der Waals surface area contributed by atoms with Crippen LogP contribution in [0.3, 0.4) is 0 Å². The van der Waals surface area contributed by atoms with Crippen molar-refractivity contribution >= 4 is 23.6 Å². The Morgan fingerprint density at radius 1 is 1.30 bits per heavy atom. The molecule has 0 amide bonds. The maximum absolute atomic E-state index is 5.93. The zero-order valence-corrected chi connectivity index (χ0v) is 18.1. The van der Waals surface area contributed by atoms with Gasteiger partial charge in [0.05, 0.1) is 19.8 Å². The second-order valence-corrected chi connectivity index (χ2v) is 7.81. The summed E-state index contributed by atoms with van der Waals surface area (Å²) >= 11 is 1.69. The molecule has 0 bridgehead atoms. The average Bonchev–Trinajstić information content (AvgIpc) is 3.19. The molecule has 2 N–H and O–H groups in total. The van der Waals surface area contributed by atoms with Crippen molar-refractivity contribution in [3.8, 4) is 0 Å². The van der Waals surface area contributed by atoms with Crippen LogP contribution in [-0.2, 0) is 4.74 Å². The van der Waals surface area contributed by atoms with Crippen LogP contribution < -0.4 is 5.73 Å². The smallest absolute Gasteiger partial charge is 0.0662 e. The highest BCUT2D eigenvalue weighted by Gasteiger charge is 2.06. The second-order valence-electron chi connectivity index (χ2n) is 6.83. The van der Waals surface area contributed by atoms with Gasteiger partial charge in [-0.05, 0) is 61.5 Å². The molecule has 4 nitrogen and oxygen atoms in total. The summed E-state index contributed by atoms with van der Waals surface area (Å²) in [6.07, 6.45) is 11.2. The van der Waals surface area contributed by atoms with Crippen molar-refractivity contribution in [3.63, 3.8) is 0 Å². The van der Waals surface area contributed by atoms with E-state index in [0.717, 1.165) is 25.6 Å². The van der Waals surface area contributed by atoms with Crippen molar-refractivity contribution in [3.05, 3.63) is 40.2 Å². The number of rotatable bonds is 15. The number of ether oxygens (including phenoxy) is 1. The highest BCUT2D eigenvalue weighted by Crippen LogP contribution is 2.10. The van der Waals surface area contributed by atoms with E-state index in [-0.39, 0.29) is 0 Å². The molecule has 1 atom stereocenters. The van der Waals surface area contributed by atoms with Gasteiger partial charge in [-0.1, -0.05) is 33.3 Å². The van der Waals surface area contributed by atoms with Gasteiger partial charge in [-0.3, -0.25) is 4.99 Å². The first kappa shape index (κ1) is 23.6. The highest BCUT2D eigenvalue weighted by atomic mass is 32.1. The Balaban J connectivity index is 2.13. The lowest BCUT2D eigenvalue weighted by Gasteiger charge is -2.23. The van der Waals surface area contributed by atoms with Gasteiger partial charge in [-0.25, -0.2) is 0 Å². The van der Waals surface area contributed by atoms with Crippen molar-refractivity contribution in [1.29, 1.82) is 0 Å². The van der Waals surface area contributed by atoms with E-state index in [1.165, 1.54) is 30.7 Å². The summed E-state index contributed by atoms with van der Waals surface area (Å²) in [5, 5.41) is 2.05. The Morgan fingerprint density at radius 3 is 2.85 bits per heavy atom. The predicted molar refractivity (Wildman–Crippen MR) is 121 cm³/mol. The molecular formula is C22H37N3OS. The quantitative estimate of drug-likeness (QED) is 0.264. The van der Waals surface area contributed by atoms with Gasteiger partial charge in [-0.15, -0.1) is 11.3 Å². The minimum Gasteiger partial charge on any atom is -0.399 e. The molecule has 0 radical (unpaired) electrons. The van der Waals surface area contributed by atoms with Crippen molar-refractivity contribution in [2.45, 2.75) is 40.0 Å². The molecule has 27 heavy (non-hydrogen) atoms. The van der Waals surface area contributed by atoms with Crippen LogP contribution >= 0.6 is 11.3 Å². The first-order valence-electron chi connectivity index (χ1n) is 10.1. The maximum atomic E-state index is 5.93. The fraction of sp³-hybridized carbons (Fsp3) is 0.591. The van der Waals surface area contributed by atoms with Crippen LogP contribution in [0.5, 0.6) is 0 Å². The average molecular weight is 392 g/mol. The third-order valence-corrected chi connectivity index (χ3v) is 5.28. The van der Waals surface area contributed by atoms with Gasteiger partial charge in [0.25, 0.3) is 0 Å². The summed E-state index contributed by atoms with van der Waals surface area (Å²) in [6, 6.07) is 4.09. The number of allylic oxidation sites excluding steroid dienone is 2. The molecule has 1 heterocycles. The van der Waals surface area contributed by atoms with E-state index in [1.54, 1.807) is 17.6 Å². The molecule has 1 aromatic heterocycles. The van der Waals surface area contributed by atoms with Crippen LogP contribution in [-0.4, -0.2) is 50.5 Å². The Labute approximate surface area is 169 Å². The number of nitrogens with zero attached hydrogens (tertiary/aromatic N) is 2. The van der Waals surface area contributed by atoms with Gasteiger partial charge in [0.1, 0.15) is 0 Å². The van der Waals surface area contributed by atoms with Crippen LogP contribution in [0.1, 0.15) is 44.9 Å². The Hall–Kier alpha value is -1.43. The minimum absolute atomic E-state index is 0.653. The van der Waals surface area contributed by atoms with Crippen LogP contribution in [0, 0.1) is 5.92 Å². The maximum Gasteiger partial charge on any atom is 0.0662 e. The van der Waals surface area contributed by atoms with E-state index in [1.807, 2.05) is 29.7 Å². The first-order valence-corrected chi connectivity index (χ1v) is 11.0. The Morgan fingerprint density at radius 2 is 2.15 bits per heavy atom. The summed E-state index contributed by atoms with van der Waals surface area (Å²) in [4.78, 5) is 8.03. The molecule has 0 fully saturated rings.